The number of rotatable bonds is 7. The van der Waals surface area contributed by atoms with Crippen molar-refractivity contribution in [1.29, 1.82) is 0 Å². The number of pyridine rings is 1. The van der Waals surface area contributed by atoms with Crippen molar-refractivity contribution in [2.24, 2.45) is 0 Å². The third kappa shape index (κ3) is 3.89. The van der Waals surface area contributed by atoms with E-state index in [1.54, 1.807) is 26.3 Å². The van der Waals surface area contributed by atoms with Crippen LogP contribution in [0, 0.1) is 0 Å². The van der Waals surface area contributed by atoms with Gasteiger partial charge in [0.05, 0.1) is 12.3 Å². The molecule has 0 spiro atoms. The highest BCUT2D eigenvalue weighted by molar-refractivity contribution is 5.77. The maximum atomic E-state index is 11.5. The van der Waals surface area contributed by atoms with Gasteiger partial charge in [0.1, 0.15) is 6.04 Å². The van der Waals surface area contributed by atoms with Crippen LogP contribution in [0.5, 0.6) is 0 Å². The maximum Gasteiger partial charge on any atom is 0.326 e. The molecule has 0 bridgehead atoms. The molecule has 0 aliphatic rings. The first-order valence-corrected chi connectivity index (χ1v) is 5.77. The van der Waals surface area contributed by atoms with Crippen molar-refractivity contribution in [2.75, 3.05) is 19.0 Å². The van der Waals surface area contributed by atoms with Crippen LogP contribution < -0.4 is 10.9 Å². The van der Waals surface area contributed by atoms with Crippen molar-refractivity contribution in [3.63, 3.8) is 0 Å². The first kappa shape index (κ1) is 14.2. The minimum atomic E-state index is -0.910. The van der Waals surface area contributed by atoms with Gasteiger partial charge < -0.3 is 19.7 Å². The highest BCUT2D eigenvalue weighted by atomic mass is 16.5. The van der Waals surface area contributed by atoms with Gasteiger partial charge in [-0.05, 0) is 12.5 Å². The molecule has 1 heterocycles. The molecule has 6 heteroatoms. The van der Waals surface area contributed by atoms with Gasteiger partial charge in [-0.15, -0.1) is 0 Å². The van der Waals surface area contributed by atoms with Crippen LogP contribution in [0.3, 0.4) is 0 Å². The summed E-state index contributed by atoms with van der Waals surface area (Å²) in [5, 5.41) is 11.8. The van der Waals surface area contributed by atoms with E-state index < -0.39 is 12.0 Å². The molecule has 6 nitrogen and oxygen atoms in total. The largest absolute Gasteiger partial charge is 0.480 e. The van der Waals surface area contributed by atoms with Gasteiger partial charge in [-0.25, -0.2) is 4.79 Å². The van der Waals surface area contributed by atoms with Gasteiger partial charge in [-0.3, -0.25) is 4.79 Å². The van der Waals surface area contributed by atoms with Crippen molar-refractivity contribution < 1.29 is 14.6 Å². The molecule has 1 atom stereocenters. The van der Waals surface area contributed by atoms with Gasteiger partial charge >= 0.3 is 5.97 Å². The highest BCUT2D eigenvalue weighted by Gasteiger charge is 2.14. The molecule has 0 aromatic carbocycles. The third-order valence-electron chi connectivity index (χ3n) is 2.57. The van der Waals surface area contributed by atoms with E-state index >= 15 is 0 Å². The normalized spacial score (nSPS) is 12.1. The van der Waals surface area contributed by atoms with Gasteiger partial charge in [0.2, 0.25) is 0 Å². The maximum absolute atomic E-state index is 11.5. The first-order chi connectivity index (χ1) is 8.58. The first-order valence-electron chi connectivity index (χ1n) is 5.77. The summed E-state index contributed by atoms with van der Waals surface area (Å²) in [5.74, 6) is -0.910. The number of anilines is 1. The van der Waals surface area contributed by atoms with Gasteiger partial charge in [0.25, 0.3) is 5.56 Å². The zero-order valence-electron chi connectivity index (χ0n) is 10.5. The van der Waals surface area contributed by atoms with E-state index in [4.69, 9.17) is 9.84 Å². The third-order valence-corrected chi connectivity index (χ3v) is 2.57. The fourth-order valence-corrected chi connectivity index (χ4v) is 1.52. The van der Waals surface area contributed by atoms with Crippen molar-refractivity contribution in [2.45, 2.75) is 25.9 Å². The Bertz CT molecular complexity index is 456. The number of methoxy groups -OCH3 is 1. The molecule has 1 rings (SSSR count). The number of ether oxygens (including phenoxy) is 1. The Kier molecular flexibility index (Phi) is 5.38. The second-order valence-electron chi connectivity index (χ2n) is 3.89. The smallest absolute Gasteiger partial charge is 0.326 e. The zero-order chi connectivity index (χ0) is 13.5. The van der Waals surface area contributed by atoms with Gasteiger partial charge in [0, 0.05) is 25.9 Å². The lowest BCUT2D eigenvalue weighted by Gasteiger charge is -2.15. The van der Waals surface area contributed by atoms with E-state index in [9.17, 15) is 9.59 Å². The molecular formula is C12H18N2O4. The molecule has 18 heavy (non-hydrogen) atoms. The molecule has 0 saturated heterocycles. The standard InChI is InChI=1S/C12H18N2O4/c1-3-10(12(16)17)13-9-4-5-11(15)14(8-9)6-7-18-2/h4-5,8,10,13H,3,6-7H2,1-2H3,(H,16,17). The van der Waals surface area contributed by atoms with Crippen LogP contribution in [0.15, 0.2) is 23.1 Å². The summed E-state index contributed by atoms with van der Waals surface area (Å²) in [4.78, 5) is 22.4. The lowest BCUT2D eigenvalue weighted by Crippen LogP contribution is -2.29. The van der Waals surface area contributed by atoms with Gasteiger partial charge in [-0.2, -0.15) is 0 Å². The summed E-state index contributed by atoms with van der Waals surface area (Å²) in [5.41, 5.74) is 0.473. The number of carboxylic acids is 1. The number of hydrogen-bond acceptors (Lipinski definition) is 4. The molecule has 1 aromatic rings. The van der Waals surface area contributed by atoms with Crippen LogP contribution in [-0.2, 0) is 16.1 Å². The molecule has 2 N–H and O–H groups in total. The number of aliphatic carboxylic acids is 1. The van der Waals surface area contributed by atoms with Crippen LogP contribution in [0.2, 0.25) is 0 Å². The monoisotopic (exact) mass is 254 g/mol. The lowest BCUT2D eigenvalue weighted by molar-refractivity contribution is -0.137. The van der Waals surface area contributed by atoms with E-state index in [1.165, 1.54) is 10.6 Å². The van der Waals surface area contributed by atoms with E-state index in [2.05, 4.69) is 5.32 Å². The van der Waals surface area contributed by atoms with Crippen molar-refractivity contribution in [3.05, 3.63) is 28.7 Å². The van der Waals surface area contributed by atoms with Gasteiger partial charge in [0.15, 0.2) is 0 Å². The predicted molar refractivity (Wildman–Crippen MR) is 67.9 cm³/mol. The molecule has 100 valence electrons. The minimum Gasteiger partial charge on any atom is -0.480 e. The Labute approximate surface area is 105 Å². The van der Waals surface area contributed by atoms with Crippen LogP contribution in [0.25, 0.3) is 0 Å². The predicted octanol–water partition coefficient (Wildman–Crippen LogP) is 0.770. The van der Waals surface area contributed by atoms with Gasteiger partial charge in [-0.1, -0.05) is 6.92 Å². The number of nitrogens with zero attached hydrogens (tertiary/aromatic N) is 1. The summed E-state index contributed by atoms with van der Waals surface area (Å²) in [6, 6.07) is 2.34. The molecule has 0 radical (unpaired) electrons. The quantitative estimate of drug-likeness (QED) is 0.751. The van der Waals surface area contributed by atoms with Crippen LogP contribution in [0.1, 0.15) is 13.3 Å². The molecule has 0 aliphatic carbocycles. The summed E-state index contributed by atoms with van der Waals surface area (Å²) in [6.45, 7) is 2.65. The number of nitrogens with one attached hydrogen (secondary N) is 1. The Morgan fingerprint density at radius 2 is 2.28 bits per heavy atom. The molecular weight excluding hydrogens is 236 g/mol. The molecule has 0 amide bonds. The number of carbonyl (C=O) groups is 1. The van der Waals surface area contributed by atoms with E-state index in [-0.39, 0.29) is 5.56 Å². The van der Waals surface area contributed by atoms with Crippen molar-refractivity contribution in [3.8, 4) is 0 Å². The Morgan fingerprint density at radius 3 is 2.83 bits per heavy atom. The van der Waals surface area contributed by atoms with Crippen molar-refractivity contribution in [1.82, 2.24) is 4.57 Å². The second-order valence-corrected chi connectivity index (χ2v) is 3.89. The lowest BCUT2D eigenvalue weighted by atomic mass is 10.2. The van der Waals surface area contributed by atoms with Crippen LogP contribution in [-0.4, -0.2) is 35.4 Å². The Balaban J connectivity index is 2.84. The Morgan fingerprint density at radius 1 is 1.56 bits per heavy atom. The summed E-state index contributed by atoms with van der Waals surface area (Å²) in [7, 11) is 1.56. The SMILES string of the molecule is CCC(Nc1ccc(=O)n(CCOC)c1)C(=O)O. The average molecular weight is 254 g/mol. The highest BCUT2D eigenvalue weighted by Crippen LogP contribution is 2.07. The average Bonchev–Trinajstić information content (AvgIpc) is 2.35. The minimum absolute atomic E-state index is 0.138. The Hall–Kier alpha value is -1.82. The zero-order valence-corrected chi connectivity index (χ0v) is 10.5. The summed E-state index contributed by atoms with van der Waals surface area (Å²) in [6.07, 6.45) is 2.07. The van der Waals surface area contributed by atoms with E-state index in [0.717, 1.165) is 0 Å². The molecule has 1 unspecified atom stereocenters. The van der Waals surface area contributed by atoms with Crippen molar-refractivity contribution >= 4 is 11.7 Å². The number of aromatic nitrogens is 1. The van der Waals surface area contributed by atoms with Crippen LogP contribution >= 0.6 is 0 Å². The molecule has 0 aliphatic heterocycles. The fourth-order valence-electron chi connectivity index (χ4n) is 1.52. The topological polar surface area (TPSA) is 80.6 Å². The molecule has 1 aromatic heterocycles. The second kappa shape index (κ2) is 6.80. The van der Waals surface area contributed by atoms with E-state index in [1.807, 2.05) is 0 Å². The van der Waals surface area contributed by atoms with Crippen LogP contribution in [0.4, 0.5) is 5.69 Å². The van der Waals surface area contributed by atoms with E-state index in [0.29, 0.717) is 25.3 Å². The molecule has 0 fully saturated rings. The summed E-state index contributed by atoms with van der Waals surface area (Å²) >= 11 is 0. The number of carboxylic acid groups (broad SMARTS) is 1. The number of hydrogen-bond donors (Lipinski definition) is 2. The molecule has 0 saturated carbocycles. The summed E-state index contributed by atoms with van der Waals surface area (Å²) < 4.78 is 6.39. The fraction of sp³-hybridized carbons (Fsp3) is 0.500.